The van der Waals surface area contributed by atoms with Crippen LogP contribution in [0, 0.1) is 5.92 Å². The monoisotopic (exact) mass is 270 g/mol. The van der Waals surface area contributed by atoms with Gasteiger partial charge in [-0.2, -0.15) is 0 Å². The van der Waals surface area contributed by atoms with Gasteiger partial charge in [-0.3, -0.25) is 0 Å². The van der Waals surface area contributed by atoms with Gasteiger partial charge < -0.3 is 0 Å². The van der Waals surface area contributed by atoms with Crippen LogP contribution >= 0.6 is 0 Å². The number of hydrogen-bond acceptors (Lipinski definition) is 0. The van der Waals surface area contributed by atoms with Crippen LogP contribution in [0.25, 0.3) is 0 Å². The maximum atomic E-state index is 4.30. The number of allylic oxidation sites excluding steroid dienone is 7. The molecule has 1 unspecified atom stereocenters. The average molecular weight is 270 g/mol. The topological polar surface area (TPSA) is 0 Å². The summed E-state index contributed by atoms with van der Waals surface area (Å²) in [5.74, 6) is 0.419. The molecule has 2 heteroatoms. The molecule has 0 saturated heterocycles. The molecule has 20 heavy (non-hydrogen) atoms. The van der Waals surface area contributed by atoms with E-state index in [-0.39, 0.29) is 10.6 Å². The Kier molecular flexibility index (Phi) is 7.41. The molecule has 0 aromatic carbocycles. The standard InChI is InChI=1S/C18H32B2/c1-8-10-15(9-2)16(11-12-17(4,5)19)13-14(3)18(6,7)20/h8-12,16H,3,13,19-20H2,1-2,4-7H3/b10-8-,12-11+,15-9+. The minimum Gasteiger partial charge on any atom is -0.100 e. The highest BCUT2D eigenvalue weighted by molar-refractivity contribution is 6.16. The fraction of sp³-hybridized carbons (Fsp3) is 0.556. The molecule has 0 aromatic heterocycles. The Bertz CT molecular complexity index is 398. The van der Waals surface area contributed by atoms with Crippen molar-refractivity contribution in [3.8, 4) is 0 Å². The summed E-state index contributed by atoms with van der Waals surface area (Å²) < 4.78 is 0. The van der Waals surface area contributed by atoms with E-state index in [0.29, 0.717) is 5.92 Å². The van der Waals surface area contributed by atoms with Crippen molar-refractivity contribution in [2.24, 2.45) is 5.92 Å². The van der Waals surface area contributed by atoms with Gasteiger partial charge in [0, 0.05) is 5.92 Å². The van der Waals surface area contributed by atoms with Crippen LogP contribution in [-0.4, -0.2) is 15.7 Å². The van der Waals surface area contributed by atoms with Crippen LogP contribution in [0.3, 0.4) is 0 Å². The first kappa shape index (κ1) is 19.1. The molecular weight excluding hydrogens is 238 g/mol. The van der Waals surface area contributed by atoms with Crippen molar-refractivity contribution in [2.45, 2.75) is 58.6 Å². The van der Waals surface area contributed by atoms with E-state index in [1.54, 1.807) is 0 Å². The molecule has 0 rings (SSSR count). The average Bonchev–Trinajstić information content (AvgIpc) is 2.29. The Labute approximate surface area is 128 Å². The predicted octanol–water partition coefficient (Wildman–Crippen LogP) is 4.29. The zero-order chi connectivity index (χ0) is 16.0. The first-order chi connectivity index (χ1) is 9.01. The van der Waals surface area contributed by atoms with Gasteiger partial charge in [0.25, 0.3) is 0 Å². The smallest absolute Gasteiger partial charge is 0.100 e. The van der Waals surface area contributed by atoms with E-state index in [0.717, 1.165) is 6.42 Å². The molecule has 0 aromatic rings. The van der Waals surface area contributed by atoms with Crippen molar-refractivity contribution in [1.29, 1.82) is 0 Å². The van der Waals surface area contributed by atoms with E-state index in [1.165, 1.54) is 11.1 Å². The van der Waals surface area contributed by atoms with Crippen LogP contribution in [0.1, 0.15) is 48.0 Å². The molecule has 0 heterocycles. The Morgan fingerprint density at radius 2 is 1.70 bits per heavy atom. The second kappa shape index (κ2) is 7.76. The van der Waals surface area contributed by atoms with E-state index in [9.17, 15) is 0 Å². The summed E-state index contributed by atoms with van der Waals surface area (Å²) in [6.07, 6.45) is 12.2. The van der Waals surface area contributed by atoms with E-state index in [4.69, 9.17) is 0 Å². The second-order valence-corrected chi connectivity index (χ2v) is 7.68. The fourth-order valence-electron chi connectivity index (χ4n) is 1.90. The lowest BCUT2D eigenvalue weighted by Gasteiger charge is -2.26. The third kappa shape index (κ3) is 7.62. The molecule has 0 fully saturated rings. The quantitative estimate of drug-likeness (QED) is 0.368. The van der Waals surface area contributed by atoms with Gasteiger partial charge in [0.1, 0.15) is 15.7 Å². The van der Waals surface area contributed by atoms with E-state index in [1.807, 2.05) is 0 Å². The molecule has 0 aliphatic carbocycles. The minimum absolute atomic E-state index is 0.169. The van der Waals surface area contributed by atoms with E-state index in [2.05, 4.69) is 94.2 Å². The predicted molar refractivity (Wildman–Crippen MR) is 100 cm³/mol. The van der Waals surface area contributed by atoms with Gasteiger partial charge >= 0.3 is 0 Å². The molecule has 0 nitrogen and oxygen atoms in total. The van der Waals surface area contributed by atoms with Crippen molar-refractivity contribution >= 4 is 15.7 Å². The Balaban J connectivity index is 5.28. The third-order valence-corrected chi connectivity index (χ3v) is 3.48. The normalized spacial score (nSPS) is 16.0. The molecular formula is C18H32B2. The van der Waals surface area contributed by atoms with E-state index < -0.39 is 0 Å². The lowest BCUT2D eigenvalue weighted by molar-refractivity contribution is 0.667. The molecule has 0 aliphatic rings. The minimum atomic E-state index is 0.169. The third-order valence-electron chi connectivity index (χ3n) is 3.48. The fourth-order valence-corrected chi connectivity index (χ4v) is 1.90. The summed E-state index contributed by atoms with van der Waals surface area (Å²) in [4.78, 5) is 0. The maximum Gasteiger partial charge on any atom is 0.114 e. The van der Waals surface area contributed by atoms with Gasteiger partial charge in [-0.25, -0.2) is 0 Å². The molecule has 0 saturated carbocycles. The molecule has 0 amide bonds. The van der Waals surface area contributed by atoms with Crippen molar-refractivity contribution in [3.05, 3.63) is 48.1 Å². The SMILES string of the molecule is BC(C)(C)/C=C/C(CC(=C)C(B)(C)C)C(/C=C\C)=C/C. The van der Waals surface area contributed by atoms with Crippen LogP contribution < -0.4 is 0 Å². The second-order valence-electron chi connectivity index (χ2n) is 7.68. The summed E-state index contributed by atoms with van der Waals surface area (Å²) >= 11 is 0. The number of rotatable bonds is 7. The van der Waals surface area contributed by atoms with Crippen LogP contribution in [-0.2, 0) is 0 Å². The highest BCUT2D eigenvalue weighted by Gasteiger charge is 2.20. The molecule has 0 spiro atoms. The van der Waals surface area contributed by atoms with Gasteiger partial charge in [0.2, 0.25) is 0 Å². The summed E-state index contributed by atoms with van der Waals surface area (Å²) in [7, 11) is 4.48. The summed E-state index contributed by atoms with van der Waals surface area (Å²) in [5.41, 5.74) is 2.68. The first-order valence-corrected chi connectivity index (χ1v) is 7.67. The Morgan fingerprint density at radius 1 is 1.15 bits per heavy atom. The van der Waals surface area contributed by atoms with Crippen LogP contribution in [0.2, 0.25) is 10.6 Å². The summed E-state index contributed by atoms with van der Waals surface area (Å²) in [6, 6.07) is 0. The van der Waals surface area contributed by atoms with Crippen molar-refractivity contribution in [3.63, 3.8) is 0 Å². The van der Waals surface area contributed by atoms with Crippen molar-refractivity contribution < 1.29 is 0 Å². The summed E-state index contributed by atoms with van der Waals surface area (Å²) in [5, 5.41) is 0.388. The Morgan fingerprint density at radius 3 is 2.05 bits per heavy atom. The Hall–Kier alpha value is -0.910. The van der Waals surface area contributed by atoms with Crippen LogP contribution in [0.4, 0.5) is 0 Å². The molecule has 0 bridgehead atoms. The van der Waals surface area contributed by atoms with Gasteiger partial charge in [-0.15, -0.1) is 6.58 Å². The van der Waals surface area contributed by atoms with Crippen LogP contribution in [0.5, 0.6) is 0 Å². The van der Waals surface area contributed by atoms with Crippen molar-refractivity contribution in [2.75, 3.05) is 0 Å². The summed E-state index contributed by atoms with van der Waals surface area (Å²) in [6.45, 7) is 17.5. The number of hydrogen-bond donors (Lipinski definition) is 0. The highest BCUT2D eigenvalue weighted by atomic mass is 14.2. The zero-order valence-electron chi connectivity index (χ0n) is 14.9. The first-order valence-electron chi connectivity index (χ1n) is 7.67. The molecule has 1 atom stereocenters. The maximum absolute atomic E-state index is 4.30. The molecule has 0 N–H and O–H groups in total. The van der Waals surface area contributed by atoms with Gasteiger partial charge in [-0.1, -0.05) is 63.6 Å². The lowest BCUT2D eigenvalue weighted by Crippen LogP contribution is -2.11. The van der Waals surface area contributed by atoms with Gasteiger partial charge in [-0.05, 0) is 36.5 Å². The van der Waals surface area contributed by atoms with E-state index >= 15 is 0 Å². The molecule has 0 radical (unpaired) electrons. The largest absolute Gasteiger partial charge is 0.114 e. The lowest BCUT2D eigenvalue weighted by atomic mass is 9.65. The van der Waals surface area contributed by atoms with Gasteiger partial charge in [0.05, 0.1) is 0 Å². The zero-order valence-corrected chi connectivity index (χ0v) is 14.9. The molecule has 0 aliphatic heterocycles. The molecule has 110 valence electrons. The van der Waals surface area contributed by atoms with Gasteiger partial charge in [0.15, 0.2) is 0 Å². The highest BCUT2D eigenvalue weighted by Crippen LogP contribution is 2.36. The van der Waals surface area contributed by atoms with Crippen LogP contribution in [0.15, 0.2) is 48.1 Å². The van der Waals surface area contributed by atoms with Crippen molar-refractivity contribution in [1.82, 2.24) is 0 Å².